The molecule has 0 aliphatic heterocycles. The fourth-order valence-corrected chi connectivity index (χ4v) is 4.48. The molecular weight excluding hydrogens is 603 g/mol. The van der Waals surface area contributed by atoms with Crippen LogP contribution in [0.2, 0.25) is 0 Å². The molecule has 0 spiro atoms. The molecule has 0 fully saturated rings. The fraction of sp³-hybridized carbons (Fsp3) is 0.0357. The van der Waals surface area contributed by atoms with Gasteiger partial charge in [0.2, 0.25) is 0 Å². The number of aryl methyl sites for hydroxylation is 1. The third kappa shape index (κ3) is 5.23. The zero-order chi connectivity index (χ0) is 21.8. The average molecular weight is 622 g/mol. The summed E-state index contributed by atoms with van der Waals surface area (Å²) in [6, 6.07) is 29.5. The van der Waals surface area contributed by atoms with Crippen LogP contribution in [0.4, 0.5) is 0 Å². The van der Waals surface area contributed by atoms with Crippen molar-refractivity contribution in [2.75, 3.05) is 0 Å². The van der Waals surface area contributed by atoms with Crippen LogP contribution < -0.4 is 0 Å². The molecule has 2 aromatic carbocycles. The number of pyridine rings is 3. The van der Waals surface area contributed by atoms with E-state index in [2.05, 4.69) is 63.6 Å². The Bertz CT molecular complexity index is 1460. The summed E-state index contributed by atoms with van der Waals surface area (Å²) in [6.45, 7) is 2.03. The molecule has 0 aliphatic carbocycles. The summed E-state index contributed by atoms with van der Waals surface area (Å²) in [5, 5.41) is 2.54. The first-order chi connectivity index (χ1) is 15.8. The van der Waals surface area contributed by atoms with E-state index in [1.165, 1.54) is 25.7 Å². The number of fused-ring (bicyclic) bond motifs is 3. The van der Waals surface area contributed by atoms with Crippen molar-refractivity contribution in [2.24, 2.45) is 0 Å². The molecule has 6 rings (SSSR count). The molecule has 163 valence electrons. The second-order valence-corrected chi connectivity index (χ2v) is 8.41. The van der Waals surface area contributed by atoms with Gasteiger partial charge < -0.3 is 15.0 Å². The molecule has 0 saturated heterocycles. The van der Waals surface area contributed by atoms with Gasteiger partial charge in [-0.15, -0.1) is 64.9 Å². The first-order valence-corrected chi connectivity index (χ1v) is 11.1. The van der Waals surface area contributed by atoms with Gasteiger partial charge in [0, 0.05) is 37.2 Å². The maximum absolute atomic E-state index is 4.51. The standard InChI is InChI=1S/C16H9N2S.C12H10N.Ir/c1-2-6-15-12(5-1)13-8-14(18-10-16(13)19-15)11-4-3-7-17-9-11;1-10-7-8-12(13-9-10)11-5-3-2-4-6-11;/h1-8,10H;2-5,7-9H,1H3;/q2*-1;. The normalized spacial score (nSPS) is 10.3. The van der Waals surface area contributed by atoms with Crippen molar-refractivity contribution in [1.82, 2.24) is 15.0 Å². The molecule has 1 radical (unpaired) electrons. The summed E-state index contributed by atoms with van der Waals surface area (Å²) in [4.78, 5) is 12.9. The van der Waals surface area contributed by atoms with E-state index < -0.39 is 0 Å². The predicted octanol–water partition coefficient (Wildman–Crippen LogP) is 7.17. The Balaban J connectivity index is 0.000000164. The molecular formula is C28H19IrN3S-2. The van der Waals surface area contributed by atoms with Gasteiger partial charge in [-0.2, -0.15) is 0 Å². The molecule has 33 heavy (non-hydrogen) atoms. The van der Waals surface area contributed by atoms with Crippen LogP contribution in [0.3, 0.4) is 0 Å². The maximum atomic E-state index is 4.51. The van der Waals surface area contributed by atoms with Gasteiger partial charge in [0.15, 0.2) is 0 Å². The number of nitrogens with zero attached hydrogens (tertiary/aromatic N) is 3. The van der Waals surface area contributed by atoms with Gasteiger partial charge in [0.05, 0.1) is 4.70 Å². The largest absolute Gasteiger partial charge is 0.360 e. The van der Waals surface area contributed by atoms with Gasteiger partial charge in [-0.25, -0.2) is 0 Å². The summed E-state index contributed by atoms with van der Waals surface area (Å²) >= 11 is 1.78. The van der Waals surface area contributed by atoms with Crippen LogP contribution >= 0.6 is 11.3 Å². The number of benzene rings is 2. The molecule has 4 heterocycles. The Morgan fingerprint density at radius 2 is 1.55 bits per heavy atom. The summed E-state index contributed by atoms with van der Waals surface area (Å²) in [6.07, 6.45) is 8.52. The second kappa shape index (κ2) is 10.6. The first-order valence-electron chi connectivity index (χ1n) is 10.3. The van der Waals surface area contributed by atoms with Crippen LogP contribution in [-0.2, 0) is 20.1 Å². The van der Waals surface area contributed by atoms with E-state index in [-0.39, 0.29) is 20.1 Å². The Morgan fingerprint density at radius 3 is 2.30 bits per heavy atom. The first kappa shape index (κ1) is 22.9. The van der Waals surface area contributed by atoms with Crippen molar-refractivity contribution >= 4 is 31.5 Å². The summed E-state index contributed by atoms with van der Waals surface area (Å²) in [7, 11) is 0. The zero-order valence-electron chi connectivity index (χ0n) is 17.8. The monoisotopic (exact) mass is 622 g/mol. The SMILES string of the molecule is Cc1ccc(-c2[c-]cccc2)nc1.[Ir].[c-]1ncccc1-c1cc2c(cn1)sc1ccccc12. The summed E-state index contributed by atoms with van der Waals surface area (Å²) in [5.41, 5.74) is 5.05. The average Bonchev–Trinajstić information content (AvgIpc) is 3.24. The number of thiophene rings is 1. The molecule has 3 nitrogen and oxygen atoms in total. The molecule has 0 unspecified atom stereocenters. The second-order valence-electron chi connectivity index (χ2n) is 7.32. The molecule has 6 aromatic rings. The summed E-state index contributed by atoms with van der Waals surface area (Å²) in [5.74, 6) is 0. The van der Waals surface area contributed by atoms with Crippen molar-refractivity contribution in [3.05, 3.63) is 115 Å². The van der Waals surface area contributed by atoms with E-state index in [0.717, 1.165) is 22.5 Å². The molecule has 0 atom stereocenters. The Hall–Kier alpha value is -3.24. The number of rotatable bonds is 2. The number of hydrogen-bond donors (Lipinski definition) is 0. The van der Waals surface area contributed by atoms with Gasteiger partial charge in [-0.05, 0) is 46.9 Å². The van der Waals surface area contributed by atoms with Gasteiger partial charge in [-0.3, -0.25) is 0 Å². The van der Waals surface area contributed by atoms with Crippen molar-refractivity contribution in [3.8, 4) is 22.5 Å². The van der Waals surface area contributed by atoms with Crippen LogP contribution in [-0.4, -0.2) is 15.0 Å². The van der Waals surface area contributed by atoms with Crippen LogP contribution in [0.15, 0.2) is 97.5 Å². The number of aromatic nitrogens is 3. The van der Waals surface area contributed by atoms with Crippen molar-refractivity contribution in [2.45, 2.75) is 6.92 Å². The van der Waals surface area contributed by atoms with Gasteiger partial charge >= 0.3 is 0 Å². The Labute approximate surface area is 210 Å². The van der Waals surface area contributed by atoms with Gasteiger partial charge in [-0.1, -0.05) is 42.6 Å². The van der Waals surface area contributed by atoms with E-state index in [1.807, 2.05) is 61.8 Å². The van der Waals surface area contributed by atoms with E-state index in [1.54, 1.807) is 17.5 Å². The topological polar surface area (TPSA) is 38.7 Å². The van der Waals surface area contributed by atoms with Crippen molar-refractivity contribution < 1.29 is 20.1 Å². The Morgan fingerprint density at radius 1 is 0.727 bits per heavy atom. The minimum Gasteiger partial charge on any atom is -0.360 e. The smallest absolute Gasteiger partial charge is 0.0521 e. The van der Waals surface area contributed by atoms with Crippen LogP contribution in [0, 0.1) is 19.2 Å². The quantitative estimate of drug-likeness (QED) is 0.193. The zero-order valence-corrected chi connectivity index (χ0v) is 21.0. The molecule has 4 aromatic heterocycles. The van der Waals surface area contributed by atoms with E-state index >= 15 is 0 Å². The van der Waals surface area contributed by atoms with Crippen LogP contribution in [0.5, 0.6) is 0 Å². The van der Waals surface area contributed by atoms with Gasteiger partial charge in [0.1, 0.15) is 0 Å². The van der Waals surface area contributed by atoms with Gasteiger partial charge in [0.25, 0.3) is 0 Å². The van der Waals surface area contributed by atoms with E-state index in [0.29, 0.717) is 0 Å². The minimum atomic E-state index is 0. The fourth-order valence-electron chi connectivity index (χ4n) is 3.43. The molecule has 0 N–H and O–H groups in total. The molecule has 5 heteroatoms. The van der Waals surface area contributed by atoms with Crippen molar-refractivity contribution in [3.63, 3.8) is 0 Å². The van der Waals surface area contributed by atoms with Crippen LogP contribution in [0.1, 0.15) is 5.56 Å². The third-order valence-corrected chi connectivity index (χ3v) is 6.17. The predicted molar refractivity (Wildman–Crippen MR) is 132 cm³/mol. The van der Waals surface area contributed by atoms with E-state index in [9.17, 15) is 0 Å². The maximum Gasteiger partial charge on any atom is 0.0521 e. The minimum absolute atomic E-state index is 0. The molecule has 0 saturated carbocycles. The summed E-state index contributed by atoms with van der Waals surface area (Å²) < 4.78 is 2.51. The molecule has 0 bridgehead atoms. The molecule has 0 amide bonds. The van der Waals surface area contributed by atoms with Crippen molar-refractivity contribution in [1.29, 1.82) is 0 Å². The van der Waals surface area contributed by atoms with Crippen LogP contribution in [0.25, 0.3) is 42.7 Å². The van der Waals surface area contributed by atoms with E-state index in [4.69, 9.17) is 0 Å². The Kier molecular flexibility index (Phi) is 7.36. The number of hydrogen-bond acceptors (Lipinski definition) is 4. The third-order valence-electron chi connectivity index (χ3n) is 5.05. The molecule has 0 aliphatic rings.